The highest BCUT2D eigenvalue weighted by Crippen LogP contribution is 2.27. The third kappa shape index (κ3) is 4.31. The predicted octanol–water partition coefficient (Wildman–Crippen LogP) is 2.51. The van der Waals surface area contributed by atoms with E-state index in [-0.39, 0.29) is 5.89 Å². The minimum Gasteiger partial charge on any atom is -0.408 e. The zero-order valence-electron chi connectivity index (χ0n) is 15.9. The number of para-hydroxylation sites is 1. The molecule has 1 aliphatic heterocycles. The number of anilines is 1. The Balaban J connectivity index is 1.40. The summed E-state index contributed by atoms with van der Waals surface area (Å²) in [6.07, 6.45) is 0. The summed E-state index contributed by atoms with van der Waals surface area (Å²) in [4.78, 5) is 16.3. The molecule has 0 N–H and O–H groups in total. The Hall–Kier alpha value is -2.91. The second-order valence-electron chi connectivity index (χ2n) is 6.82. The van der Waals surface area contributed by atoms with Gasteiger partial charge < -0.3 is 14.2 Å². The summed E-state index contributed by atoms with van der Waals surface area (Å²) in [5.41, 5.74) is 1.51. The lowest BCUT2D eigenvalue weighted by Crippen LogP contribution is -2.50. The van der Waals surface area contributed by atoms with Crippen molar-refractivity contribution >= 4 is 33.0 Å². The number of amides is 1. The molecule has 0 saturated carbocycles. The third-order valence-corrected chi connectivity index (χ3v) is 6.50. The van der Waals surface area contributed by atoms with Crippen LogP contribution >= 0.6 is 11.6 Å². The van der Waals surface area contributed by atoms with Crippen molar-refractivity contribution in [2.24, 2.45) is 0 Å². The van der Waals surface area contributed by atoms with Gasteiger partial charge in [0.15, 0.2) is 0 Å². The van der Waals surface area contributed by atoms with E-state index >= 15 is 0 Å². The fraction of sp³-hybridized carbons (Fsp3) is 0.250. The first-order valence-electron chi connectivity index (χ1n) is 9.33. The molecule has 1 fully saturated rings. The number of carbonyl (C=O) groups excluding carboxylic acids is 1. The first-order valence-corrected chi connectivity index (χ1v) is 11.4. The van der Waals surface area contributed by atoms with Gasteiger partial charge in [0.25, 0.3) is 0 Å². The van der Waals surface area contributed by atoms with Gasteiger partial charge in [-0.05, 0) is 24.3 Å². The predicted molar refractivity (Wildman–Crippen MR) is 112 cm³/mol. The number of benzene rings is 2. The Morgan fingerprint density at radius 3 is 2.33 bits per heavy atom. The molecule has 1 aromatic heterocycles. The molecule has 1 aliphatic rings. The van der Waals surface area contributed by atoms with Gasteiger partial charge >= 0.3 is 5.22 Å². The molecule has 156 valence electrons. The summed E-state index contributed by atoms with van der Waals surface area (Å²) in [6.45, 7) is 2.15. The normalized spacial score (nSPS) is 14.7. The Bertz CT molecular complexity index is 1140. The molecular formula is C20H19ClN4O4S. The van der Waals surface area contributed by atoms with E-state index in [9.17, 15) is 13.2 Å². The molecule has 4 rings (SSSR count). The lowest BCUT2D eigenvalue weighted by molar-refractivity contribution is -0.128. The number of halogens is 1. The van der Waals surface area contributed by atoms with Crippen LogP contribution in [0.3, 0.4) is 0 Å². The van der Waals surface area contributed by atoms with Gasteiger partial charge in [-0.2, -0.15) is 0 Å². The summed E-state index contributed by atoms with van der Waals surface area (Å²) < 4.78 is 30.5. The van der Waals surface area contributed by atoms with Crippen molar-refractivity contribution in [3.05, 3.63) is 59.6 Å². The largest absolute Gasteiger partial charge is 0.408 e. The minimum atomic E-state index is -4.06. The third-order valence-electron chi connectivity index (χ3n) is 4.84. The van der Waals surface area contributed by atoms with E-state index in [0.29, 0.717) is 36.8 Å². The van der Waals surface area contributed by atoms with E-state index in [2.05, 4.69) is 15.1 Å². The van der Waals surface area contributed by atoms with Gasteiger partial charge in [0.2, 0.25) is 21.6 Å². The molecule has 8 nitrogen and oxygen atoms in total. The highest BCUT2D eigenvalue weighted by molar-refractivity contribution is 7.91. The van der Waals surface area contributed by atoms with Crippen molar-refractivity contribution in [2.75, 3.05) is 36.8 Å². The van der Waals surface area contributed by atoms with Crippen molar-refractivity contribution in [1.29, 1.82) is 0 Å². The maximum absolute atomic E-state index is 12.6. The minimum absolute atomic E-state index is 0.0110. The Labute approximate surface area is 179 Å². The fourth-order valence-electron chi connectivity index (χ4n) is 3.25. The average Bonchev–Trinajstić information content (AvgIpc) is 3.26. The second-order valence-corrected chi connectivity index (χ2v) is 9.09. The molecular weight excluding hydrogens is 428 g/mol. The molecule has 0 unspecified atom stereocenters. The molecule has 2 aromatic carbocycles. The zero-order chi connectivity index (χ0) is 21.1. The van der Waals surface area contributed by atoms with Crippen molar-refractivity contribution in [1.82, 2.24) is 15.1 Å². The number of sulfone groups is 1. The SMILES string of the molecule is O=C(CS(=O)(=O)c1nnc(-c2ccccc2Cl)o1)N1CCN(c2ccccc2)CC1. The number of carbonyl (C=O) groups is 1. The summed E-state index contributed by atoms with van der Waals surface area (Å²) in [5, 5.41) is 7.15. The van der Waals surface area contributed by atoms with Gasteiger partial charge in [0.05, 0.1) is 10.6 Å². The average molecular weight is 447 g/mol. The van der Waals surface area contributed by atoms with Gasteiger partial charge in [-0.25, -0.2) is 8.42 Å². The number of hydrogen-bond donors (Lipinski definition) is 0. The topological polar surface area (TPSA) is 96.6 Å². The number of nitrogens with zero attached hydrogens (tertiary/aromatic N) is 4. The molecule has 0 radical (unpaired) electrons. The standard InChI is InChI=1S/C20H19ClN4O4S/c21-17-9-5-4-8-16(17)19-22-23-20(29-19)30(27,28)14-18(26)25-12-10-24(11-13-25)15-6-2-1-3-7-15/h1-9H,10-14H2. The maximum atomic E-state index is 12.6. The van der Waals surface area contributed by atoms with Crippen LogP contribution in [0.25, 0.3) is 11.5 Å². The lowest BCUT2D eigenvalue weighted by atomic mass is 10.2. The zero-order valence-corrected chi connectivity index (χ0v) is 17.5. The van der Waals surface area contributed by atoms with Crippen LogP contribution in [0.5, 0.6) is 0 Å². The van der Waals surface area contributed by atoms with Gasteiger partial charge in [0.1, 0.15) is 5.75 Å². The smallest absolute Gasteiger partial charge is 0.336 e. The molecule has 1 saturated heterocycles. The highest BCUT2D eigenvalue weighted by atomic mass is 35.5. The van der Waals surface area contributed by atoms with E-state index < -0.39 is 26.7 Å². The molecule has 1 amide bonds. The van der Waals surface area contributed by atoms with Crippen molar-refractivity contribution < 1.29 is 17.6 Å². The highest BCUT2D eigenvalue weighted by Gasteiger charge is 2.30. The summed E-state index contributed by atoms with van der Waals surface area (Å²) in [7, 11) is -4.06. The van der Waals surface area contributed by atoms with Gasteiger partial charge in [-0.3, -0.25) is 4.79 Å². The summed E-state index contributed by atoms with van der Waals surface area (Å²) >= 11 is 6.08. The molecule has 0 bridgehead atoms. The van der Waals surface area contributed by atoms with Crippen LogP contribution in [0.1, 0.15) is 0 Å². The quantitative estimate of drug-likeness (QED) is 0.594. The molecule has 0 atom stereocenters. The Kier molecular flexibility index (Phi) is 5.74. The second kappa shape index (κ2) is 8.45. The molecule has 30 heavy (non-hydrogen) atoms. The molecule has 0 aliphatic carbocycles. The number of rotatable bonds is 5. The van der Waals surface area contributed by atoms with Crippen LogP contribution in [-0.4, -0.2) is 61.4 Å². The molecule has 0 spiro atoms. The number of aromatic nitrogens is 2. The molecule has 10 heteroatoms. The van der Waals surface area contributed by atoms with E-state index in [1.54, 1.807) is 29.2 Å². The Morgan fingerprint density at radius 1 is 0.967 bits per heavy atom. The van der Waals surface area contributed by atoms with Crippen molar-refractivity contribution in [3.63, 3.8) is 0 Å². The first kappa shape index (κ1) is 20.4. The Morgan fingerprint density at radius 2 is 1.63 bits per heavy atom. The van der Waals surface area contributed by atoms with Gasteiger partial charge in [0, 0.05) is 31.9 Å². The number of piperazine rings is 1. The fourth-order valence-corrected chi connectivity index (χ4v) is 4.47. The first-order chi connectivity index (χ1) is 14.4. The summed E-state index contributed by atoms with van der Waals surface area (Å²) in [6, 6.07) is 16.6. The molecule has 3 aromatic rings. The van der Waals surface area contributed by atoms with Crippen LogP contribution < -0.4 is 4.90 Å². The van der Waals surface area contributed by atoms with Crippen LogP contribution in [0, 0.1) is 0 Å². The van der Waals surface area contributed by atoms with E-state index in [0.717, 1.165) is 5.69 Å². The van der Waals surface area contributed by atoms with Crippen LogP contribution in [0.15, 0.2) is 64.2 Å². The van der Waals surface area contributed by atoms with Gasteiger partial charge in [-0.15, -0.1) is 5.10 Å². The van der Waals surface area contributed by atoms with Crippen LogP contribution in [0.4, 0.5) is 5.69 Å². The maximum Gasteiger partial charge on any atom is 0.336 e. The van der Waals surface area contributed by atoms with Crippen molar-refractivity contribution in [2.45, 2.75) is 5.22 Å². The van der Waals surface area contributed by atoms with Crippen LogP contribution in [-0.2, 0) is 14.6 Å². The van der Waals surface area contributed by atoms with E-state index in [1.165, 1.54) is 0 Å². The van der Waals surface area contributed by atoms with E-state index in [4.69, 9.17) is 16.0 Å². The molecule has 2 heterocycles. The summed E-state index contributed by atoms with van der Waals surface area (Å²) in [5.74, 6) is -1.22. The van der Waals surface area contributed by atoms with E-state index in [1.807, 2.05) is 30.3 Å². The lowest BCUT2D eigenvalue weighted by Gasteiger charge is -2.36. The van der Waals surface area contributed by atoms with Crippen LogP contribution in [0.2, 0.25) is 5.02 Å². The van der Waals surface area contributed by atoms with Crippen molar-refractivity contribution in [3.8, 4) is 11.5 Å². The monoisotopic (exact) mass is 446 g/mol. The van der Waals surface area contributed by atoms with Gasteiger partial charge in [-0.1, -0.05) is 47.0 Å². The number of hydrogen-bond acceptors (Lipinski definition) is 7.